The Morgan fingerprint density at radius 1 is 1.35 bits per heavy atom. The average molecular weight is 273 g/mol. The van der Waals surface area contributed by atoms with Gasteiger partial charge >= 0.3 is 0 Å². The van der Waals surface area contributed by atoms with E-state index < -0.39 is 6.04 Å². The number of fused-ring (bicyclic) bond motifs is 1. The Hall–Kier alpha value is -2.24. The van der Waals surface area contributed by atoms with Gasteiger partial charge < -0.3 is 4.90 Å². The van der Waals surface area contributed by atoms with E-state index in [9.17, 15) is 14.4 Å². The van der Waals surface area contributed by atoms with Crippen molar-refractivity contribution in [2.24, 2.45) is 0 Å². The number of pyridine rings is 1. The minimum atomic E-state index is -0.558. The van der Waals surface area contributed by atoms with Gasteiger partial charge in [0.1, 0.15) is 6.04 Å². The first-order valence-electron chi connectivity index (χ1n) is 6.72. The van der Waals surface area contributed by atoms with E-state index in [-0.39, 0.29) is 24.1 Å². The molecule has 0 aromatic carbocycles. The largest absolute Gasteiger partial charge is 0.322 e. The number of hydrogen-bond donors (Lipinski definition) is 1. The second kappa shape index (κ2) is 4.70. The predicted octanol–water partition coefficient (Wildman–Crippen LogP) is 0.405. The topological polar surface area (TPSA) is 79.4 Å². The first-order chi connectivity index (χ1) is 9.61. The van der Waals surface area contributed by atoms with Crippen LogP contribution in [0.2, 0.25) is 0 Å². The van der Waals surface area contributed by atoms with Gasteiger partial charge in [0.25, 0.3) is 5.91 Å². The molecule has 1 atom stereocenters. The van der Waals surface area contributed by atoms with Crippen molar-refractivity contribution in [3.63, 3.8) is 0 Å². The van der Waals surface area contributed by atoms with Gasteiger partial charge in [-0.25, -0.2) is 0 Å². The molecular formula is C14H15N3O3. The van der Waals surface area contributed by atoms with E-state index >= 15 is 0 Å². The summed E-state index contributed by atoms with van der Waals surface area (Å²) in [6.07, 6.45) is 4.78. The lowest BCUT2D eigenvalue weighted by Crippen LogP contribution is -2.52. The second-order valence-corrected chi connectivity index (χ2v) is 5.08. The molecule has 0 spiro atoms. The summed E-state index contributed by atoms with van der Waals surface area (Å²) < 4.78 is 0. The summed E-state index contributed by atoms with van der Waals surface area (Å²) in [6.45, 7) is 2.43. The van der Waals surface area contributed by atoms with Crippen LogP contribution in [0, 0.1) is 0 Å². The van der Waals surface area contributed by atoms with Crippen LogP contribution in [0.4, 0.5) is 0 Å². The highest BCUT2D eigenvalue weighted by atomic mass is 16.2. The molecule has 3 amide bonds. The molecule has 2 aliphatic heterocycles. The maximum atomic E-state index is 12.4. The van der Waals surface area contributed by atoms with Gasteiger partial charge in [-0.2, -0.15) is 0 Å². The number of nitrogens with one attached hydrogen (secondary N) is 1. The monoisotopic (exact) mass is 273 g/mol. The van der Waals surface area contributed by atoms with Gasteiger partial charge in [0.05, 0.1) is 5.56 Å². The molecule has 1 aromatic rings. The van der Waals surface area contributed by atoms with Crippen molar-refractivity contribution in [2.75, 3.05) is 0 Å². The number of piperidine rings is 1. The fourth-order valence-electron chi connectivity index (χ4n) is 2.83. The fraction of sp³-hybridized carbons (Fsp3) is 0.429. The SMILES string of the molecule is CCc1cncc2c1CN(C1CCC(=O)NC1=O)C2=O. The third-order valence-electron chi connectivity index (χ3n) is 3.93. The molecular weight excluding hydrogens is 258 g/mol. The van der Waals surface area contributed by atoms with Crippen molar-refractivity contribution in [1.29, 1.82) is 0 Å². The fourth-order valence-corrected chi connectivity index (χ4v) is 2.83. The Morgan fingerprint density at radius 2 is 2.15 bits per heavy atom. The molecule has 0 aliphatic carbocycles. The van der Waals surface area contributed by atoms with E-state index in [2.05, 4.69) is 10.3 Å². The minimum Gasteiger partial charge on any atom is -0.322 e. The average Bonchev–Trinajstić information content (AvgIpc) is 2.76. The van der Waals surface area contributed by atoms with Gasteiger partial charge in [-0.15, -0.1) is 0 Å². The van der Waals surface area contributed by atoms with Gasteiger partial charge in [-0.05, 0) is 24.0 Å². The lowest BCUT2D eigenvalue weighted by Gasteiger charge is -2.29. The van der Waals surface area contributed by atoms with E-state index in [4.69, 9.17) is 0 Å². The van der Waals surface area contributed by atoms with Gasteiger partial charge in [0.15, 0.2) is 0 Å². The molecule has 1 saturated heterocycles. The standard InChI is InChI=1S/C14H15N3O3/c1-2-8-5-15-6-9-10(8)7-17(14(9)20)11-3-4-12(18)16-13(11)19/h5-6,11H,2-4,7H2,1H3,(H,16,18,19). The molecule has 0 bridgehead atoms. The zero-order chi connectivity index (χ0) is 14.3. The lowest BCUT2D eigenvalue weighted by atomic mass is 10.0. The van der Waals surface area contributed by atoms with Crippen molar-refractivity contribution < 1.29 is 14.4 Å². The van der Waals surface area contributed by atoms with Crippen LogP contribution in [-0.4, -0.2) is 33.6 Å². The van der Waals surface area contributed by atoms with E-state index in [1.807, 2.05) is 6.92 Å². The summed E-state index contributed by atoms with van der Waals surface area (Å²) in [5.41, 5.74) is 2.57. The van der Waals surface area contributed by atoms with E-state index in [0.717, 1.165) is 17.5 Å². The molecule has 3 rings (SSSR count). The molecule has 2 aliphatic rings. The molecule has 6 heteroatoms. The van der Waals surface area contributed by atoms with Crippen molar-refractivity contribution in [1.82, 2.24) is 15.2 Å². The molecule has 104 valence electrons. The number of aryl methyl sites for hydroxylation is 1. The van der Waals surface area contributed by atoms with Crippen molar-refractivity contribution in [2.45, 2.75) is 38.8 Å². The summed E-state index contributed by atoms with van der Waals surface area (Å²) in [7, 11) is 0. The zero-order valence-corrected chi connectivity index (χ0v) is 11.2. The lowest BCUT2D eigenvalue weighted by molar-refractivity contribution is -0.136. The molecule has 3 heterocycles. The van der Waals surface area contributed by atoms with Crippen molar-refractivity contribution >= 4 is 17.7 Å². The smallest absolute Gasteiger partial charge is 0.256 e. The molecule has 20 heavy (non-hydrogen) atoms. The quantitative estimate of drug-likeness (QED) is 0.791. The number of rotatable bonds is 2. The normalized spacial score (nSPS) is 21.9. The Kier molecular flexibility index (Phi) is 3.00. The zero-order valence-electron chi connectivity index (χ0n) is 11.2. The van der Waals surface area contributed by atoms with Gasteiger partial charge in [-0.1, -0.05) is 6.92 Å². The van der Waals surface area contributed by atoms with Crippen LogP contribution >= 0.6 is 0 Å². The van der Waals surface area contributed by atoms with Crippen LogP contribution in [0.15, 0.2) is 12.4 Å². The van der Waals surface area contributed by atoms with Crippen LogP contribution in [0.3, 0.4) is 0 Å². The van der Waals surface area contributed by atoms with Gasteiger partial charge in [-0.3, -0.25) is 24.7 Å². The number of carbonyl (C=O) groups is 3. The third kappa shape index (κ3) is 1.88. The number of nitrogens with zero attached hydrogens (tertiary/aromatic N) is 2. The summed E-state index contributed by atoms with van der Waals surface area (Å²) in [5, 5.41) is 2.29. The van der Waals surface area contributed by atoms with Gasteiger partial charge in [0.2, 0.25) is 11.8 Å². The van der Waals surface area contributed by atoms with E-state index in [1.54, 1.807) is 17.3 Å². The first kappa shape index (κ1) is 12.8. The van der Waals surface area contributed by atoms with Crippen LogP contribution < -0.4 is 5.32 Å². The van der Waals surface area contributed by atoms with E-state index in [0.29, 0.717) is 18.5 Å². The maximum Gasteiger partial charge on any atom is 0.256 e. The maximum absolute atomic E-state index is 12.4. The van der Waals surface area contributed by atoms with Crippen molar-refractivity contribution in [3.05, 3.63) is 29.1 Å². The third-order valence-corrected chi connectivity index (χ3v) is 3.93. The second-order valence-electron chi connectivity index (χ2n) is 5.08. The number of amides is 3. The first-order valence-corrected chi connectivity index (χ1v) is 6.72. The summed E-state index contributed by atoms with van der Waals surface area (Å²) in [4.78, 5) is 41.1. The molecule has 1 N–H and O–H groups in total. The summed E-state index contributed by atoms with van der Waals surface area (Å²) in [5.74, 6) is -0.822. The molecule has 1 unspecified atom stereocenters. The Balaban J connectivity index is 1.90. The molecule has 0 saturated carbocycles. The number of hydrogen-bond acceptors (Lipinski definition) is 4. The predicted molar refractivity (Wildman–Crippen MR) is 69.7 cm³/mol. The number of carbonyl (C=O) groups excluding carboxylic acids is 3. The molecule has 6 nitrogen and oxygen atoms in total. The molecule has 0 radical (unpaired) electrons. The molecule has 1 aromatic heterocycles. The van der Waals surface area contributed by atoms with Crippen LogP contribution in [0.25, 0.3) is 0 Å². The van der Waals surface area contributed by atoms with E-state index in [1.165, 1.54) is 0 Å². The highest BCUT2D eigenvalue weighted by Crippen LogP contribution is 2.29. The van der Waals surface area contributed by atoms with Crippen LogP contribution in [-0.2, 0) is 22.6 Å². The van der Waals surface area contributed by atoms with Crippen molar-refractivity contribution in [3.8, 4) is 0 Å². The van der Waals surface area contributed by atoms with Crippen LogP contribution in [0.1, 0.15) is 41.3 Å². The number of aromatic nitrogens is 1. The Morgan fingerprint density at radius 3 is 2.85 bits per heavy atom. The molecule has 1 fully saturated rings. The minimum absolute atomic E-state index is 0.169. The summed E-state index contributed by atoms with van der Waals surface area (Å²) in [6, 6.07) is -0.558. The highest BCUT2D eigenvalue weighted by molar-refractivity contribution is 6.05. The Bertz CT molecular complexity index is 612. The summed E-state index contributed by atoms with van der Waals surface area (Å²) >= 11 is 0. The van der Waals surface area contributed by atoms with Crippen LogP contribution in [0.5, 0.6) is 0 Å². The van der Waals surface area contributed by atoms with Gasteiger partial charge in [0, 0.05) is 25.4 Å². The highest BCUT2D eigenvalue weighted by Gasteiger charge is 2.39. The number of imide groups is 1. The Labute approximate surface area is 116 Å².